The molecular weight excluding hydrogens is 464 g/mol. The van der Waals surface area contributed by atoms with Gasteiger partial charge in [0, 0.05) is 21.8 Å². The van der Waals surface area contributed by atoms with Crippen molar-refractivity contribution in [1.82, 2.24) is 4.68 Å². The quantitative estimate of drug-likeness (QED) is 0.327. The van der Waals surface area contributed by atoms with Crippen molar-refractivity contribution in [2.24, 2.45) is 0 Å². The maximum Gasteiger partial charge on any atom is 0.328 e. The number of anilines is 2. The van der Waals surface area contributed by atoms with E-state index < -0.39 is 17.7 Å². The number of nitrogens with one attached hydrogen (secondary N) is 3. The van der Waals surface area contributed by atoms with Gasteiger partial charge in [-0.2, -0.15) is 0 Å². The lowest BCUT2D eigenvalue weighted by Crippen LogP contribution is -2.36. The van der Waals surface area contributed by atoms with Crippen molar-refractivity contribution in [3.63, 3.8) is 0 Å². The SMILES string of the molecule is CCc1ccccc1NC(=O)C(=O)Nn1c(C(=O)Nc2cccc(C)c2C)cc2cc(Cl)ccc21. The van der Waals surface area contributed by atoms with Crippen LogP contribution in [0.1, 0.15) is 34.1 Å². The lowest BCUT2D eigenvalue weighted by molar-refractivity contribution is -0.133. The maximum atomic E-state index is 13.3. The molecule has 3 amide bonds. The molecule has 35 heavy (non-hydrogen) atoms. The Morgan fingerprint density at radius 1 is 0.857 bits per heavy atom. The van der Waals surface area contributed by atoms with E-state index in [-0.39, 0.29) is 5.69 Å². The van der Waals surface area contributed by atoms with Crippen molar-refractivity contribution < 1.29 is 14.4 Å². The van der Waals surface area contributed by atoms with Crippen LogP contribution in [0.4, 0.5) is 11.4 Å². The van der Waals surface area contributed by atoms with E-state index in [1.807, 2.05) is 45.0 Å². The average molecular weight is 489 g/mol. The molecule has 3 N–H and O–H groups in total. The second kappa shape index (κ2) is 10.0. The Hall–Kier alpha value is -4.10. The van der Waals surface area contributed by atoms with Gasteiger partial charge in [0.25, 0.3) is 5.91 Å². The van der Waals surface area contributed by atoms with E-state index in [1.54, 1.807) is 42.5 Å². The summed E-state index contributed by atoms with van der Waals surface area (Å²) in [7, 11) is 0. The molecule has 3 aromatic carbocycles. The van der Waals surface area contributed by atoms with E-state index in [4.69, 9.17) is 11.6 Å². The summed E-state index contributed by atoms with van der Waals surface area (Å²) in [6, 6.07) is 19.5. The van der Waals surface area contributed by atoms with Crippen molar-refractivity contribution in [1.29, 1.82) is 0 Å². The number of halogens is 1. The molecule has 0 spiro atoms. The molecule has 0 aliphatic heterocycles. The molecule has 0 saturated heterocycles. The van der Waals surface area contributed by atoms with E-state index in [1.165, 1.54) is 4.68 Å². The van der Waals surface area contributed by atoms with Crippen molar-refractivity contribution >= 4 is 51.6 Å². The van der Waals surface area contributed by atoms with Gasteiger partial charge in [0.05, 0.1) is 5.52 Å². The number of aryl methyl sites for hydroxylation is 2. The maximum absolute atomic E-state index is 13.3. The van der Waals surface area contributed by atoms with Gasteiger partial charge < -0.3 is 10.6 Å². The average Bonchev–Trinajstić information content (AvgIpc) is 3.19. The number of rotatable bonds is 5. The molecule has 7 nitrogen and oxygen atoms in total. The number of carbonyl (C=O) groups excluding carboxylic acids is 3. The molecule has 0 atom stereocenters. The molecule has 0 saturated carbocycles. The van der Waals surface area contributed by atoms with Gasteiger partial charge in [-0.15, -0.1) is 0 Å². The number of carbonyl (C=O) groups is 3. The molecule has 1 aromatic heterocycles. The lowest BCUT2D eigenvalue weighted by Gasteiger charge is -2.14. The molecule has 8 heteroatoms. The first-order valence-electron chi connectivity index (χ1n) is 11.2. The highest BCUT2D eigenvalue weighted by Gasteiger charge is 2.22. The molecule has 0 fully saturated rings. The monoisotopic (exact) mass is 488 g/mol. The molecule has 0 aliphatic carbocycles. The van der Waals surface area contributed by atoms with E-state index in [0.717, 1.165) is 16.7 Å². The third-order valence-corrected chi connectivity index (χ3v) is 6.15. The molecule has 4 aromatic rings. The van der Waals surface area contributed by atoms with Crippen molar-refractivity contribution in [3.05, 3.63) is 94.1 Å². The van der Waals surface area contributed by atoms with E-state index in [2.05, 4.69) is 16.1 Å². The smallest absolute Gasteiger partial charge is 0.320 e. The van der Waals surface area contributed by atoms with Gasteiger partial charge in [0.15, 0.2) is 0 Å². The predicted molar refractivity (Wildman–Crippen MR) is 140 cm³/mol. The van der Waals surface area contributed by atoms with Crippen LogP contribution < -0.4 is 16.1 Å². The van der Waals surface area contributed by atoms with E-state index in [0.29, 0.717) is 33.7 Å². The number of fused-ring (bicyclic) bond motifs is 1. The summed E-state index contributed by atoms with van der Waals surface area (Å²) in [6.07, 6.45) is 0.698. The first-order chi connectivity index (χ1) is 16.8. The van der Waals surface area contributed by atoms with Crippen LogP contribution in [-0.2, 0) is 16.0 Å². The summed E-state index contributed by atoms with van der Waals surface area (Å²) < 4.78 is 1.31. The van der Waals surface area contributed by atoms with E-state index in [9.17, 15) is 14.4 Å². The van der Waals surface area contributed by atoms with Gasteiger partial charge in [-0.05, 0) is 73.4 Å². The van der Waals surface area contributed by atoms with Gasteiger partial charge in [-0.3, -0.25) is 19.8 Å². The van der Waals surface area contributed by atoms with Crippen molar-refractivity contribution in [2.75, 3.05) is 16.1 Å². The predicted octanol–water partition coefficient (Wildman–Crippen LogP) is 5.44. The van der Waals surface area contributed by atoms with Gasteiger partial charge in [-0.25, -0.2) is 4.68 Å². The minimum atomic E-state index is -0.913. The van der Waals surface area contributed by atoms with Crippen molar-refractivity contribution in [3.8, 4) is 0 Å². The van der Waals surface area contributed by atoms with Crippen LogP contribution in [0.3, 0.4) is 0 Å². The highest BCUT2D eigenvalue weighted by molar-refractivity contribution is 6.42. The Labute approximate surface area is 208 Å². The Bertz CT molecular complexity index is 1460. The fraction of sp³-hybridized carbons (Fsp3) is 0.148. The Morgan fingerprint density at radius 3 is 2.37 bits per heavy atom. The minimum absolute atomic E-state index is 0.151. The highest BCUT2D eigenvalue weighted by Crippen LogP contribution is 2.25. The number of amides is 3. The van der Waals surface area contributed by atoms with Crippen LogP contribution in [0.15, 0.2) is 66.7 Å². The van der Waals surface area contributed by atoms with Crippen molar-refractivity contribution in [2.45, 2.75) is 27.2 Å². The third-order valence-electron chi connectivity index (χ3n) is 5.92. The summed E-state index contributed by atoms with van der Waals surface area (Å²) in [4.78, 5) is 38.8. The molecule has 0 radical (unpaired) electrons. The van der Waals surface area contributed by atoms with Crippen LogP contribution >= 0.6 is 11.6 Å². The number of nitrogens with zero attached hydrogens (tertiary/aromatic N) is 1. The Morgan fingerprint density at radius 2 is 1.60 bits per heavy atom. The first-order valence-corrected chi connectivity index (χ1v) is 11.5. The van der Waals surface area contributed by atoms with Gasteiger partial charge >= 0.3 is 11.8 Å². The summed E-state index contributed by atoms with van der Waals surface area (Å²) in [5.41, 5.74) is 7.33. The Kier molecular flexibility index (Phi) is 6.89. The van der Waals surface area contributed by atoms with Crippen LogP contribution in [0.25, 0.3) is 10.9 Å². The molecule has 178 valence electrons. The summed E-state index contributed by atoms with van der Waals surface area (Å²) in [5.74, 6) is -2.20. The number of para-hydroxylation sites is 1. The largest absolute Gasteiger partial charge is 0.328 e. The zero-order valence-electron chi connectivity index (χ0n) is 19.6. The number of hydrogen-bond donors (Lipinski definition) is 3. The number of aromatic nitrogens is 1. The topological polar surface area (TPSA) is 92.2 Å². The lowest BCUT2D eigenvalue weighted by atomic mass is 10.1. The number of hydrogen-bond acceptors (Lipinski definition) is 3. The van der Waals surface area contributed by atoms with Crippen LogP contribution in [0, 0.1) is 13.8 Å². The zero-order chi connectivity index (χ0) is 25.1. The molecule has 0 unspecified atom stereocenters. The van der Waals surface area contributed by atoms with Crippen LogP contribution in [0.2, 0.25) is 5.02 Å². The van der Waals surface area contributed by atoms with Crippen LogP contribution in [-0.4, -0.2) is 22.4 Å². The fourth-order valence-electron chi connectivity index (χ4n) is 3.83. The normalized spacial score (nSPS) is 10.7. The van der Waals surface area contributed by atoms with Gasteiger partial charge in [0.2, 0.25) is 0 Å². The minimum Gasteiger partial charge on any atom is -0.320 e. The fourth-order valence-corrected chi connectivity index (χ4v) is 4.01. The number of benzene rings is 3. The van der Waals surface area contributed by atoms with Gasteiger partial charge in [-0.1, -0.05) is 48.9 Å². The molecule has 0 bridgehead atoms. The molecular formula is C27H25ClN4O3. The second-order valence-electron chi connectivity index (χ2n) is 8.18. The summed E-state index contributed by atoms with van der Waals surface area (Å²) in [6.45, 7) is 5.84. The van der Waals surface area contributed by atoms with Gasteiger partial charge in [0.1, 0.15) is 5.69 Å². The third kappa shape index (κ3) is 5.05. The highest BCUT2D eigenvalue weighted by atomic mass is 35.5. The molecule has 0 aliphatic rings. The first kappa shape index (κ1) is 24.0. The second-order valence-corrected chi connectivity index (χ2v) is 8.61. The zero-order valence-corrected chi connectivity index (χ0v) is 20.4. The summed E-state index contributed by atoms with van der Waals surface area (Å²) in [5, 5.41) is 6.67. The Balaban J connectivity index is 1.65. The summed E-state index contributed by atoms with van der Waals surface area (Å²) >= 11 is 6.14. The van der Waals surface area contributed by atoms with E-state index >= 15 is 0 Å². The molecule has 1 heterocycles. The molecule has 4 rings (SSSR count). The van der Waals surface area contributed by atoms with Crippen LogP contribution in [0.5, 0.6) is 0 Å². The standard InChI is InChI=1S/C27H25ClN4O3/c1-4-18-9-5-6-10-22(18)30-26(34)27(35)31-32-23-13-12-20(28)14-19(23)15-24(32)25(33)29-21-11-7-8-16(2)17(21)3/h5-15H,4H2,1-3H3,(H,29,33)(H,30,34)(H,31,35).